The summed E-state index contributed by atoms with van der Waals surface area (Å²) in [7, 11) is 0. The number of amides is 1. The number of thioether (sulfide) groups is 1. The smallest absolute Gasteiger partial charge is 0.276 e. The van der Waals surface area contributed by atoms with Gasteiger partial charge in [0, 0.05) is 5.22 Å². The molecule has 1 aromatic heterocycles. The third-order valence-electron chi connectivity index (χ3n) is 3.56. The number of nitrogens with one attached hydrogen (secondary N) is 1. The summed E-state index contributed by atoms with van der Waals surface area (Å²) in [5.41, 5.74) is 0.544. The van der Waals surface area contributed by atoms with Crippen molar-refractivity contribution < 1.29 is 4.79 Å². The molecule has 0 saturated carbocycles. The second kappa shape index (κ2) is 5.77. The molecule has 3 heterocycles. The van der Waals surface area contributed by atoms with Crippen LogP contribution < -0.4 is 15.9 Å². The highest BCUT2D eigenvalue weighted by Crippen LogP contribution is 2.35. The summed E-state index contributed by atoms with van der Waals surface area (Å²) in [6.07, 6.45) is 1.56. The lowest BCUT2D eigenvalue weighted by molar-refractivity contribution is -0.116. The SMILES string of the molecule is CSC1=NN2C(=c3ccccc3=N[C@H]2c2ccc(Br)s2)C(=O)N1. The minimum atomic E-state index is -0.329. The zero-order valence-corrected chi connectivity index (χ0v) is 15.2. The molecule has 2 aromatic rings. The van der Waals surface area contributed by atoms with E-state index in [1.54, 1.807) is 16.3 Å². The summed E-state index contributed by atoms with van der Waals surface area (Å²) in [6, 6.07) is 11.7. The summed E-state index contributed by atoms with van der Waals surface area (Å²) in [5, 5.41) is 11.3. The minimum absolute atomic E-state index is 0.146. The topological polar surface area (TPSA) is 57.1 Å². The summed E-state index contributed by atoms with van der Waals surface area (Å²) < 4.78 is 1.03. The van der Waals surface area contributed by atoms with E-state index in [2.05, 4.69) is 26.3 Å². The minimum Gasteiger partial charge on any atom is -0.298 e. The van der Waals surface area contributed by atoms with Gasteiger partial charge >= 0.3 is 0 Å². The number of carbonyl (C=O) groups excluding carboxylic acids is 1. The molecule has 1 atom stereocenters. The van der Waals surface area contributed by atoms with Gasteiger partial charge in [-0.3, -0.25) is 15.1 Å². The van der Waals surface area contributed by atoms with Gasteiger partial charge < -0.3 is 0 Å². The second-order valence-electron chi connectivity index (χ2n) is 4.92. The number of hydrogen-bond acceptors (Lipinski definition) is 6. The van der Waals surface area contributed by atoms with Crippen molar-refractivity contribution in [2.75, 3.05) is 6.26 Å². The molecule has 116 valence electrons. The number of thiophene rings is 1. The van der Waals surface area contributed by atoms with E-state index in [-0.39, 0.29) is 12.1 Å². The zero-order chi connectivity index (χ0) is 16.0. The van der Waals surface area contributed by atoms with Gasteiger partial charge in [-0.05, 0) is 40.4 Å². The van der Waals surface area contributed by atoms with E-state index in [0.717, 1.165) is 19.2 Å². The van der Waals surface area contributed by atoms with Crippen LogP contribution in [0.4, 0.5) is 0 Å². The fourth-order valence-electron chi connectivity index (χ4n) is 2.57. The average molecular weight is 407 g/mol. The maximum atomic E-state index is 12.6. The van der Waals surface area contributed by atoms with Crippen LogP contribution in [0.2, 0.25) is 0 Å². The van der Waals surface area contributed by atoms with E-state index in [0.29, 0.717) is 10.9 Å². The number of hydrogen-bond donors (Lipinski definition) is 1. The predicted molar refractivity (Wildman–Crippen MR) is 96.3 cm³/mol. The van der Waals surface area contributed by atoms with Crippen molar-refractivity contribution in [2.45, 2.75) is 6.17 Å². The molecule has 0 spiro atoms. The van der Waals surface area contributed by atoms with Crippen LogP contribution in [-0.2, 0) is 4.79 Å². The summed E-state index contributed by atoms with van der Waals surface area (Å²) in [4.78, 5) is 18.5. The van der Waals surface area contributed by atoms with Crippen molar-refractivity contribution in [1.82, 2.24) is 10.3 Å². The van der Waals surface area contributed by atoms with Gasteiger partial charge in [-0.1, -0.05) is 30.0 Å². The molecular formula is C15H11BrN4OS2. The fraction of sp³-hybridized carbons (Fsp3) is 0.133. The molecule has 0 bridgehead atoms. The van der Waals surface area contributed by atoms with Gasteiger partial charge in [0.15, 0.2) is 11.3 Å². The summed E-state index contributed by atoms with van der Waals surface area (Å²) in [5.74, 6) is -0.146. The molecule has 23 heavy (non-hydrogen) atoms. The number of hydrazone groups is 1. The van der Waals surface area contributed by atoms with Crippen molar-refractivity contribution >= 4 is 55.8 Å². The van der Waals surface area contributed by atoms with Crippen LogP contribution >= 0.6 is 39.0 Å². The molecular weight excluding hydrogens is 396 g/mol. The number of amidine groups is 1. The lowest BCUT2D eigenvalue weighted by atomic mass is 10.1. The first-order valence-corrected chi connectivity index (χ1v) is 9.66. The second-order valence-corrected chi connectivity index (χ2v) is 8.21. The fourth-order valence-corrected chi connectivity index (χ4v) is 4.38. The lowest BCUT2D eigenvalue weighted by Gasteiger charge is -2.33. The van der Waals surface area contributed by atoms with Crippen LogP contribution in [0, 0.1) is 0 Å². The Hall–Kier alpha value is -1.64. The molecule has 2 aliphatic rings. The molecule has 5 nitrogen and oxygen atoms in total. The molecule has 0 unspecified atom stereocenters. The number of para-hydroxylation sites is 1. The lowest BCUT2D eigenvalue weighted by Crippen LogP contribution is -2.50. The summed E-state index contributed by atoms with van der Waals surface area (Å²) in [6.45, 7) is 0. The zero-order valence-electron chi connectivity index (χ0n) is 12.0. The number of carbonyl (C=O) groups is 1. The third-order valence-corrected chi connectivity index (χ3v) is 5.79. The van der Waals surface area contributed by atoms with Crippen molar-refractivity contribution in [3.8, 4) is 0 Å². The predicted octanol–water partition coefficient (Wildman–Crippen LogP) is 2.02. The van der Waals surface area contributed by atoms with E-state index >= 15 is 0 Å². The van der Waals surface area contributed by atoms with Crippen LogP contribution in [-0.4, -0.2) is 22.3 Å². The molecule has 1 aromatic carbocycles. The van der Waals surface area contributed by atoms with Gasteiger partial charge in [0.25, 0.3) is 5.91 Å². The molecule has 0 fully saturated rings. The number of halogens is 1. The monoisotopic (exact) mass is 406 g/mol. The van der Waals surface area contributed by atoms with Crippen molar-refractivity contribution in [2.24, 2.45) is 10.1 Å². The molecule has 0 radical (unpaired) electrons. The number of nitrogens with zero attached hydrogens (tertiary/aromatic N) is 3. The van der Waals surface area contributed by atoms with E-state index < -0.39 is 0 Å². The standard InChI is InChI=1S/C15H11BrN4OS2/c1-22-15-18-14(21)12-8-4-2-3-5-9(8)17-13(20(12)19-15)10-6-7-11(16)23-10/h2-7,13H,1H3,(H,18,19,21)/t13-/m1/s1. The van der Waals surface area contributed by atoms with Crippen molar-refractivity contribution in [3.05, 3.63) is 55.6 Å². The van der Waals surface area contributed by atoms with Gasteiger partial charge in [0.1, 0.15) is 5.70 Å². The van der Waals surface area contributed by atoms with E-state index in [1.807, 2.05) is 42.7 Å². The Morgan fingerprint density at radius 1 is 1.30 bits per heavy atom. The first-order valence-electron chi connectivity index (χ1n) is 6.83. The third kappa shape index (κ3) is 2.50. The quantitative estimate of drug-likeness (QED) is 0.787. The highest BCUT2D eigenvalue weighted by molar-refractivity contribution is 9.11. The number of fused-ring (bicyclic) bond motifs is 2. The largest absolute Gasteiger partial charge is 0.298 e. The molecule has 4 rings (SSSR count). The van der Waals surface area contributed by atoms with Crippen molar-refractivity contribution in [1.29, 1.82) is 0 Å². The Bertz CT molecular complexity index is 952. The highest BCUT2D eigenvalue weighted by atomic mass is 79.9. The normalized spacial score (nSPS) is 19.5. The molecule has 1 amide bonds. The average Bonchev–Trinajstić information content (AvgIpc) is 2.99. The van der Waals surface area contributed by atoms with Crippen LogP contribution in [0.25, 0.3) is 5.70 Å². The van der Waals surface area contributed by atoms with E-state index in [1.165, 1.54) is 11.8 Å². The molecule has 8 heteroatoms. The highest BCUT2D eigenvalue weighted by Gasteiger charge is 2.34. The molecule has 0 saturated heterocycles. The van der Waals surface area contributed by atoms with Crippen LogP contribution in [0.3, 0.4) is 0 Å². The van der Waals surface area contributed by atoms with Gasteiger partial charge in [0.05, 0.1) is 14.0 Å². The Morgan fingerprint density at radius 3 is 2.87 bits per heavy atom. The van der Waals surface area contributed by atoms with Gasteiger partial charge in [-0.25, -0.2) is 5.01 Å². The Labute approximate surface area is 148 Å². The molecule has 0 aliphatic carbocycles. The first kappa shape index (κ1) is 14.9. The molecule has 2 aliphatic heterocycles. The Morgan fingerprint density at radius 2 is 2.13 bits per heavy atom. The maximum absolute atomic E-state index is 12.6. The van der Waals surface area contributed by atoms with E-state index in [9.17, 15) is 4.79 Å². The number of benzene rings is 1. The van der Waals surface area contributed by atoms with Crippen LogP contribution in [0.1, 0.15) is 11.0 Å². The van der Waals surface area contributed by atoms with Crippen LogP contribution in [0.5, 0.6) is 0 Å². The first-order chi connectivity index (χ1) is 11.2. The van der Waals surface area contributed by atoms with Gasteiger partial charge in [-0.2, -0.15) is 0 Å². The van der Waals surface area contributed by atoms with Crippen LogP contribution in [0.15, 0.2) is 50.3 Å². The summed E-state index contributed by atoms with van der Waals surface area (Å²) >= 11 is 6.49. The Balaban J connectivity index is 1.99. The van der Waals surface area contributed by atoms with Gasteiger partial charge in [0.2, 0.25) is 0 Å². The number of rotatable bonds is 1. The van der Waals surface area contributed by atoms with E-state index in [4.69, 9.17) is 4.99 Å². The maximum Gasteiger partial charge on any atom is 0.276 e. The molecule has 1 N–H and O–H groups in total. The Kier molecular flexibility index (Phi) is 3.74. The van der Waals surface area contributed by atoms with Gasteiger partial charge in [-0.15, -0.1) is 16.4 Å². The van der Waals surface area contributed by atoms with Crippen molar-refractivity contribution in [3.63, 3.8) is 0 Å².